The van der Waals surface area contributed by atoms with Crippen molar-refractivity contribution in [2.24, 2.45) is 0 Å². The minimum Gasteiger partial charge on any atom is -0.490 e. The van der Waals surface area contributed by atoms with Crippen LogP contribution in [0.3, 0.4) is 0 Å². The van der Waals surface area contributed by atoms with Gasteiger partial charge < -0.3 is 10.1 Å². The van der Waals surface area contributed by atoms with E-state index in [1.165, 1.54) is 27.9 Å². The van der Waals surface area contributed by atoms with Crippen LogP contribution in [0.2, 0.25) is 0 Å². The van der Waals surface area contributed by atoms with Crippen LogP contribution in [0.4, 0.5) is 5.13 Å². The summed E-state index contributed by atoms with van der Waals surface area (Å²) in [5.41, 5.74) is 3.08. The van der Waals surface area contributed by atoms with Crippen LogP contribution < -0.4 is 10.1 Å². The highest BCUT2D eigenvalue weighted by Crippen LogP contribution is 2.33. The molecule has 1 aromatic carbocycles. The Morgan fingerprint density at radius 3 is 3.24 bits per heavy atom. The first-order chi connectivity index (χ1) is 12.2. The van der Waals surface area contributed by atoms with Crippen molar-refractivity contribution >= 4 is 22.4 Å². The molecule has 0 spiro atoms. The van der Waals surface area contributed by atoms with E-state index in [4.69, 9.17) is 4.74 Å². The number of thiazole rings is 1. The van der Waals surface area contributed by atoms with Crippen molar-refractivity contribution in [1.29, 1.82) is 0 Å². The van der Waals surface area contributed by atoms with Crippen LogP contribution in [0, 0.1) is 0 Å². The van der Waals surface area contributed by atoms with Gasteiger partial charge in [-0.2, -0.15) is 0 Å². The molecule has 8 nitrogen and oxygen atoms in total. The lowest BCUT2D eigenvalue weighted by Crippen LogP contribution is -2.14. The molecule has 0 aliphatic carbocycles. The number of carbonyl (C=O) groups is 1. The lowest BCUT2D eigenvalue weighted by atomic mass is 10.1. The smallest absolute Gasteiger partial charge is 0.228 e. The molecule has 25 heavy (non-hydrogen) atoms. The van der Waals surface area contributed by atoms with Gasteiger partial charge >= 0.3 is 0 Å². The van der Waals surface area contributed by atoms with E-state index >= 15 is 0 Å². The second kappa shape index (κ2) is 6.60. The lowest BCUT2D eigenvalue weighted by molar-refractivity contribution is -0.116. The quantitative estimate of drug-likeness (QED) is 0.753. The second-order valence-corrected chi connectivity index (χ2v) is 6.72. The number of benzene rings is 1. The van der Waals surface area contributed by atoms with Crippen molar-refractivity contribution in [3.63, 3.8) is 0 Å². The van der Waals surface area contributed by atoms with Crippen molar-refractivity contribution in [3.05, 3.63) is 35.5 Å². The lowest BCUT2D eigenvalue weighted by Gasteiger charge is -2.03. The van der Waals surface area contributed by atoms with Crippen molar-refractivity contribution in [2.45, 2.75) is 32.4 Å². The zero-order valence-electron chi connectivity index (χ0n) is 13.5. The third-order valence-corrected chi connectivity index (χ3v) is 4.66. The molecule has 128 valence electrons. The van der Waals surface area contributed by atoms with Crippen molar-refractivity contribution in [2.75, 3.05) is 5.32 Å². The number of carbonyl (C=O) groups excluding carboxylic acids is 1. The number of rotatable bonds is 5. The maximum Gasteiger partial charge on any atom is 0.228 e. The Morgan fingerprint density at radius 1 is 1.48 bits per heavy atom. The van der Waals surface area contributed by atoms with Crippen LogP contribution in [-0.4, -0.2) is 37.2 Å². The van der Waals surface area contributed by atoms with E-state index in [2.05, 4.69) is 38.8 Å². The molecule has 1 unspecified atom stereocenters. The fraction of sp³-hybridized carbons (Fsp3) is 0.312. The van der Waals surface area contributed by atoms with Crippen LogP contribution >= 0.6 is 11.3 Å². The number of anilines is 1. The van der Waals surface area contributed by atoms with E-state index < -0.39 is 0 Å². The predicted molar refractivity (Wildman–Crippen MR) is 92.4 cm³/mol. The zero-order valence-corrected chi connectivity index (χ0v) is 14.4. The molecule has 3 heterocycles. The Hall–Kier alpha value is -2.81. The highest BCUT2D eigenvalue weighted by Gasteiger charge is 2.19. The van der Waals surface area contributed by atoms with Gasteiger partial charge in [0.15, 0.2) is 5.13 Å². The van der Waals surface area contributed by atoms with Crippen molar-refractivity contribution in [1.82, 2.24) is 25.2 Å². The van der Waals surface area contributed by atoms with Crippen LogP contribution in [-0.2, 0) is 17.8 Å². The third kappa shape index (κ3) is 3.50. The second-order valence-electron chi connectivity index (χ2n) is 5.86. The minimum absolute atomic E-state index is 0.118. The average Bonchev–Trinajstić information content (AvgIpc) is 3.32. The molecule has 9 heteroatoms. The Labute approximate surface area is 147 Å². The Morgan fingerprint density at radius 2 is 2.40 bits per heavy atom. The number of fused-ring (bicyclic) bond motifs is 1. The maximum absolute atomic E-state index is 12.0. The van der Waals surface area contributed by atoms with E-state index in [0.717, 1.165) is 23.4 Å². The SMILES string of the molecule is CC1Cc2cc(-c3csc(NC(=O)CCn4cnnn4)n3)ccc2O1. The summed E-state index contributed by atoms with van der Waals surface area (Å²) >= 11 is 1.41. The summed E-state index contributed by atoms with van der Waals surface area (Å²) in [6.45, 7) is 2.49. The van der Waals surface area contributed by atoms with Crippen LogP contribution in [0.1, 0.15) is 18.9 Å². The van der Waals surface area contributed by atoms with Gasteiger partial charge in [-0.05, 0) is 41.1 Å². The fourth-order valence-electron chi connectivity index (χ4n) is 2.73. The molecular weight excluding hydrogens is 340 g/mol. The van der Waals surface area contributed by atoms with Crippen LogP contribution in [0.25, 0.3) is 11.3 Å². The molecule has 1 N–H and O–H groups in total. The van der Waals surface area contributed by atoms with Crippen molar-refractivity contribution < 1.29 is 9.53 Å². The first-order valence-corrected chi connectivity index (χ1v) is 8.81. The van der Waals surface area contributed by atoms with Gasteiger partial charge in [-0.1, -0.05) is 0 Å². The van der Waals surface area contributed by atoms with Crippen LogP contribution in [0.5, 0.6) is 5.75 Å². The summed E-state index contributed by atoms with van der Waals surface area (Å²) in [6, 6.07) is 6.09. The summed E-state index contributed by atoms with van der Waals surface area (Å²) in [5.74, 6) is 0.829. The van der Waals surface area contributed by atoms with Gasteiger partial charge in [-0.15, -0.1) is 16.4 Å². The standard InChI is InChI=1S/C16H16N6O2S/c1-10-6-12-7-11(2-3-14(12)24-10)13-8-25-16(18-13)19-15(23)4-5-22-9-17-20-21-22/h2-3,7-10H,4-6H2,1H3,(H,18,19,23). The zero-order chi connectivity index (χ0) is 17.2. The fourth-order valence-corrected chi connectivity index (χ4v) is 3.46. The number of amides is 1. The number of aryl methyl sites for hydroxylation is 1. The number of tetrazole rings is 1. The van der Waals surface area contributed by atoms with E-state index in [-0.39, 0.29) is 18.4 Å². The van der Waals surface area contributed by atoms with Gasteiger partial charge in [0.05, 0.1) is 12.2 Å². The molecule has 0 saturated carbocycles. The maximum atomic E-state index is 12.0. The largest absolute Gasteiger partial charge is 0.490 e. The summed E-state index contributed by atoms with van der Waals surface area (Å²) in [6.07, 6.45) is 2.89. The topological polar surface area (TPSA) is 94.8 Å². The van der Waals surface area contributed by atoms with E-state index in [1.54, 1.807) is 0 Å². The molecule has 3 aromatic rings. The Bertz CT molecular complexity index is 892. The van der Waals surface area contributed by atoms with Gasteiger partial charge in [0, 0.05) is 23.8 Å². The third-order valence-electron chi connectivity index (χ3n) is 3.90. The average molecular weight is 356 g/mol. The normalized spacial score (nSPS) is 15.6. The van der Waals surface area contributed by atoms with Gasteiger partial charge in [-0.3, -0.25) is 4.79 Å². The first-order valence-electron chi connectivity index (χ1n) is 7.93. The molecule has 0 saturated heterocycles. The molecular formula is C16H16N6O2S. The molecule has 0 radical (unpaired) electrons. The van der Waals surface area contributed by atoms with Gasteiger partial charge in [0.25, 0.3) is 0 Å². The predicted octanol–water partition coefficient (Wildman–Crippen LogP) is 2.15. The molecule has 0 fully saturated rings. The van der Waals surface area contributed by atoms with E-state index in [0.29, 0.717) is 11.7 Å². The molecule has 1 atom stereocenters. The number of hydrogen-bond acceptors (Lipinski definition) is 7. The number of ether oxygens (including phenoxy) is 1. The monoisotopic (exact) mass is 356 g/mol. The molecule has 1 aliphatic rings. The van der Waals surface area contributed by atoms with E-state index in [9.17, 15) is 4.79 Å². The molecule has 1 amide bonds. The summed E-state index contributed by atoms with van der Waals surface area (Å²) in [4.78, 5) is 16.5. The summed E-state index contributed by atoms with van der Waals surface area (Å²) in [5, 5.41) is 16.1. The number of nitrogens with one attached hydrogen (secondary N) is 1. The Kier molecular flexibility index (Phi) is 4.14. The highest BCUT2D eigenvalue weighted by molar-refractivity contribution is 7.14. The van der Waals surface area contributed by atoms with Gasteiger partial charge in [0.1, 0.15) is 18.2 Å². The van der Waals surface area contributed by atoms with Crippen molar-refractivity contribution in [3.8, 4) is 17.0 Å². The molecule has 2 aromatic heterocycles. The van der Waals surface area contributed by atoms with Gasteiger partial charge in [-0.25, -0.2) is 9.67 Å². The minimum atomic E-state index is -0.118. The number of hydrogen-bond donors (Lipinski definition) is 1. The number of nitrogens with zero attached hydrogens (tertiary/aromatic N) is 5. The summed E-state index contributed by atoms with van der Waals surface area (Å²) in [7, 11) is 0. The van der Waals surface area contributed by atoms with Gasteiger partial charge in [0.2, 0.25) is 5.91 Å². The molecule has 4 rings (SSSR count). The highest BCUT2D eigenvalue weighted by atomic mass is 32.1. The van der Waals surface area contributed by atoms with E-state index in [1.807, 2.05) is 17.5 Å². The van der Waals surface area contributed by atoms with Crippen LogP contribution in [0.15, 0.2) is 29.9 Å². The molecule has 0 bridgehead atoms. The molecule has 1 aliphatic heterocycles. The number of aromatic nitrogens is 5. The summed E-state index contributed by atoms with van der Waals surface area (Å²) < 4.78 is 7.24. The Balaban J connectivity index is 1.40. The first kappa shape index (κ1) is 15.7.